The fraction of sp³-hybridized carbons (Fsp3) is 0.409. The second-order valence-electron chi connectivity index (χ2n) is 7.47. The summed E-state index contributed by atoms with van der Waals surface area (Å²) in [5.74, 6) is 1.71. The maximum absolute atomic E-state index is 9.31. The highest BCUT2D eigenvalue weighted by molar-refractivity contribution is 5.80. The van der Waals surface area contributed by atoms with Gasteiger partial charge in [-0.2, -0.15) is 0 Å². The molecule has 0 aliphatic carbocycles. The van der Waals surface area contributed by atoms with Crippen molar-refractivity contribution in [2.45, 2.75) is 52.0 Å². The zero-order valence-electron chi connectivity index (χ0n) is 16.3. The van der Waals surface area contributed by atoms with Crippen molar-refractivity contribution in [2.75, 3.05) is 6.54 Å². The molecule has 0 radical (unpaired) electrons. The van der Waals surface area contributed by atoms with Gasteiger partial charge >= 0.3 is 0 Å². The normalized spacial score (nSPS) is 18.4. The molecule has 27 heavy (non-hydrogen) atoms. The van der Waals surface area contributed by atoms with Gasteiger partial charge in [-0.3, -0.25) is 0 Å². The van der Waals surface area contributed by atoms with Gasteiger partial charge in [0, 0.05) is 18.5 Å². The third-order valence-electron chi connectivity index (χ3n) is 4.63. The fourth-order valence-corrected chi connectivity index (χ4v) is 3.41. The molecule has 0 fully saturated rings. The van der Waals surface area contributed by atoms with Crippen LogP contribution in [0, 0.1) is 0 Å². The van der Waals surface area contributed by atoms with E-state index in [2.05, 4.69) is 37.5 Å². The molecule has 1 aliphatic heterocycles. The van der Waals surface area contributed by atoms with Crippen LogP contribution in [0.5, 0.6) is 5.75 Å². The van der Waals surface area contributed by atoms with E-state index in [4.69, 9.17) is 9.73 Å². The number of aliphatic hydroxyl groups is 1. The van der Waals surface area contributed by atoms with E-state index in [9.17, 15) is 5.11 Å². The molecule has 144 valence electrons. The SMILES string of the molecule is CCNC(=NCc1cccc(CO)c1)NC1CC(C)(C)Oc2ccccc21. The van der Waals surface area contributed by atoms with Gasteiger partial charge in [-0.15, -0.1) is 0 Å². The lowest BCUT2D eigenvalue weighted by molar-refractivity contribution is 0.0694. The lowest BCUT2D eigenvalue weighted by atomic mass is 9.90. The summed E-state index contributed by atoms with van der Waals surface area (Å²) >= 11 is 0. The Morgan fingerprint density at radius 3 is 2.74 bits per heavy atom. The third kappa shape index (κ3) is 5.01. The number of nitrogens with one attached hydrogen (secondary N) is 2. The lowest BCUT2D eigenvalue weighted by Gasteiger charge is -2.38. The number of rotatable bonds is 5. The molecule has 5 nitrogen and oxygen atoms in total. The van der Waals surface area contributed by atoms with Gasteiger partial charge in [0.15, 0.2) is 5.96 Å². The highest BCUT2D eigenvalue weighted by Gasteiger charge is 2.33. The van der Waals surface area contributed by atoms with Gasteiger partial charge in [-0.05, 0) is 38.0 Å². The van der Waals surface area contributed by atoms with Crippen LogP contribution in [-0.2, 0) is 13.2 Å². The molecule has 0 amide bonds. The number of ether oxygens (including phenoxy) is 1. The number of hydrogen-bond acceptors (Lipinski definition) is 3. The van der Waals surface area contributed by atoms with Crippen molar-refractivity contribution in [3.05, 3.63) is 65.2 Å². The number of para-hydroxylation sites is 1. The third-order valence-corrected chi connectivity index (χ3v) is 4.63. The molecule has 0 saturated carbocycles. The monoisotopic (exact) mass is 367 g/mol. The molecule has 3 rings (SSSR count). The number of guanidine groups is 1. The van der Waals surface area contributed by atoms with Gasteiger partial charge in [0.25, 0.3) is 0 Å². The fourth-order valence-electron chi connectivity index (χ4n) is 3.41. The van der Waals surface area contributed by atoms with E-state index in [1.807, 2.05) is 42.5 Å². The standard InChI is InChI=1S/C22H29N3O2/c1-4-23-21(24-14-16-8-7-9-17(12-16)15-26)25-19-13-22(2,3)27-20-11-6-5-10-18(19)20/h5-12,19,26H,4,13-15H2,1-3H3,(H2,23,24,25). The van der Waals surface area contributed by atoms with Gasteiger partial charge in [-0.1, -0.05) is 42.5 Å². The minimum atomic E-state index is -0.237. The zero-order valence-corrected chi connectivity index (χ0v) is 16.3. The van der Waals surface area contributed by atoms with Crippen LogP contribution < -0.4 is 15.4 Å². The molecule has 0 saturated heterocycles. The Morgan fingerprint density at radius 2 is 1.96 bits per heavy atom. The van der Waals surface area contributed by atoms with E-state index in [0.29, 0.717) is 6.54 Å². The Kier molecular flexibility index (Phi) is 6.01. The van der Waals surface area contributed by atoms with E-state index < -0.39 is 0 Å². The average molecular weight is 367 g/mol. The van der Waals surface area contributed by atoms with Gasteiger partial charge in [-0.25, -0.2) is 4.99 Å². The minimum Gasteiger partial charge on any atom is -0.487 e. The van der Waals surface area contributed by atoms with Crippen LogP contribution in [0.3, 0.4) is 0 Å². The van der Waals surface area contributed by atoms with Crippen molar-refractivity contribution < 1.29 is 9.84 Å². The quantitative estimate of drug-likeness (QED) is 0.559. The predicted octanol–water partition coefficient (Wildman–Crippen LogP) is 3.54. The molecule has 1 heterocycles. The largest absolute Gasteiger partial charge is 0.487 e. The Balaban J connectivity index is 1.79. The number of benzene rings is 2. The molecule has 1 atom stereocenters. The summed E-state index contributed by atoms with van der Waals surface area (Å²) in [4.78, 5) is 4.75. The van der Waals surface area contributed by atoms with Crippen LogP contribution >= 0.6 is 0 Å². The van der Waals surface area contributed by atoms with E-state index >= 15 is 0 Å². The molecule has 0 spiro atoms. The van der Waals surface area contributed by atoms with Gasteiger partial charge in [0.1, 0.15) is 11.4 Å². The van der Waals surface area contributed by atoms with Gasteiger partial charge < -0.3 is 20.5 Å². The van der Waals surface area contributed by atoms with Crippen LogP contribution in [0.15, 0.2) is 53.5 Å². The number of hydrogen-bond donors (Lipinski definition) is 3. The number of aliphatic imine (C=N–C) groups is 1. The second kappa shape index (κ2) is 8.44. The van der Waals surface area contributed by atoms with Crippen molar-refractivity contribution in [2.24, 2.45) is 4.99 Å². The summed E-state index contributed by atoms with van der Waals surface area (Å²) in [5, 5.41) is 16.2. The van der Waals surface area contributed by atoms with Crippen molar-refractivity contribution in [3.8, 4) is 5.75 Å². The summed E-state index contributed by atoms with van der Waals surface area (Å²) in [7, 11) is 0. The highest BCUT2D eigenvalue weighted by atomic mass is 16.5. The summed E-state index contributed by atoms with van der Waals surface area (Å²) in [5.41, 5.74) is 2.90. The summed E-state index contributed by atoms with van der Waals surface area (Å²) in [6.45, 7) is 7.67. The number of fused-ring (bicyclic) bond motifs is 1. The summed E-state index contributed by atoms with van der Waals surface area (Å²) < 4.78 is 6.12. The van der Waals surface area contributed by atoms with Crippen molar-refractivity contribution in [1.82, 2.24) is 10.6 Å². The topological polar surface area (TPSA) is 65.9 Å². The van der Waals surface area contributed by atoms with Gasteiger partial charge in [0.2, 0.25) is 0 Å². The highest BCUT2D eigenvalue weighted by Crippen LogP contribution is 2.39. The van der Waals surface area contributed by atoms with E-state index in [1.165, 1.54) is 0 Å². The number of aliphatic hydroxyl groups excluding tert-OH is 1. The van der Waals surface area contributed by atoms with E-state index in [-0.39, 0.29) is 18.2 Å². The Hall–Kier alpha value is -2.53. The second-order valence-corrected chi connectivity index (χ2v) is 7.47. The van der Waals surface area contributed by atoms with Crippen molar-refractivity contribution in [3.63, 3.8) is 0 Å². The van der Waals surface area contributed by atoms with Crippen LogP contribution in [0.1, 0.15) is 49.9 Å². The van der Waals surface area contributed by atoms with Crippen LogP contribution in [0.4, 0.5) is 0 Å². The molecular formula is C22H29N3O2. The summed E-state index contributed by atoms with van der Waals surface area (Å²) in [6, 6.07) is 16.2. The van der Waals surface area contributed by atoms with E-state index in [1.54, 1.807) is 0 Å². The van der Waals surface area contributed by atoms with Crippen LogP contribution in [0.2, 0.25) is 0 Å². The van der Waals surface area contributed by atoms with Crippen LogP contribution in [-0.4, -0.2) is 23.2 Å². The maximum atomic E-state index is 9.31. The molecule has 3 N–H and O–H groups in total. The minimum absolute atomic E-state index is 0.0454. The van der Waals surface area contributed by atoms with Crippen molar-refractivity contribution >= 4 is 5.96 Å². The molecule has 2 aromatic rings. The molecule has 2 aromatic carbocycles. The van der Waals surface area contributed by atoms with Crippen LogP contribution in [0.25, 0.3) is 0 Å². The summed E-state index contributed by atoms with van der Waals surface area (Å²) in [6.07, 6.45) is 0.856. The Morgan fingerprint density at radius 1 is 1.19 bits per heavy atom. The number of nitrogens with zero attached hydrogens (tertiary/aromatic N) is 1. The first-order valence-corrected chi connectivity index (χ1v) is 9.52. The van der Waals surface area contributed by atoms with E-state index in [0.717, 1.165) is 41.4 Å². The molecule has 1 aliphatic rings. The molecule has 0 aromatic heterocycles. The Labute approximate surface area is 161 Å². The zero-order chi connectivity index (χ0) is 19.3. The maximum Gasteiger partial charge on any atom is 0.192 e. The van der Waals surface area contributed by atoms with Crippen molar-refractivity contribution in [1.29, 1.82) is 0 Å². The molecule has 5 heteroatoms. The molecule has 0 bridgehead atoms. The average Bonchev–Trinajstić information content (AvgIpc) is 2.65. The molecule has 1 unspecified atom stereocenters. The first-order chi connectivity index (χ1) is 13.0. The predicted molar refractivity (Wildman–Crippen MR) is 109 cm³/mol. The smallest absolute Gasteiger partial charge is 0.192 e. The van der Waals surface area contributed by atoms with Gasteiger partial charge in [0.05, 0.1) is 19.2 Å². The Bertz CT molecular complexity index is 802. The first kappa shape index (κ1) is 19.2. The lowest BCUT2D eigenvalue weighted by Crippen LogP contribution is -2.45. The molecular weight excluding hydrogens is 338 g/mol. The first-order valence-electron chi connectivity index (χ1n) is 9.52.